The fraction of sp³-hybridized carbons (Fsp3) is 0.933. The summed E-state index contributed by atoms with van der Waals surface area (Å²) in [4.78, 5) is 0. The van der Waals surface area contributed by atoms with Gasteiger partial charge in [0.1, 0.15) is 0 Å². The molecular formula is C30H51ClO. The van der Waals surface area contributed by atoms with Crippen LogP contribution in [0.2, 0.25) is 0 Å². The number of allylic oxidation sites excluding steroid dienone is 1. The highest BCUT2D eigenvalue weighted by atomic mass is 35.5. The van der Waals surface area contributed by atoms with Crippen LogP contribution in [0.3, 0.4) is 0 Å². The minimum absolute atomic E-state index is 0.184. The summed E-state index contributed by atoms with van der Waals surface area (Å²) in [5.41, 5.74) is 0.959. The van der Waals surface area contributed by atoms with E-state index in [0.29, 0.717) is 22.7 Å². The Morgan fingerprint density at radius 2 is 1.56 bits per heavy atom. The van der Waals surface area contributed by atoms with Crippen molar-refractivity contribution in [3.8, 4) is 0 Å². The molecular weight excluding hydrogens is 412 g/mol. The van der Waals surface area contributed by atoms with Crippen LogP contribution in [-0.2, 0) is 0 Å². The number of aliphatic hydroxyl groups excluding tert-OH is 1. The largest absolute Gasteiger partial charge is 0.393 e. The summed E-state index contributed by atoms with van der Waals surface area (Å²) >= 11 is 6.28. The minimum atomic E-state index is -0.184. The molecule has 2 heteroatoms. The molecule has 0 aromatic carbocycles. The predicted molar refractivity (Wildman–Crippen MR) is 138 cm³/mol. The van der Waals surface area contributed by atoms with Gasteiger partial charge in [0.2, 0.25) is 0 Å². The zero-order valence-electron chi connectivity index (χ0n) is 21.7. The van der Waals surface area contributed by atoms with Gasteiger partial charge in [0.05, 0.1) is 6.10 Å². The zero-order chi connectivity index (χ0) is 23.3. The lowest BCUT2D eigenvalue weighted by molar-refractivity contribution is -0.152. The van der Waals surface area contributed by atoms with Crippen molar-refractivity contribution in [3.05, 3.63) is 11.6 Å². The van der Waals surface area contributed by atoms with Crippen molar-refractivity contribution in [1.29, 1.82) is 0 Å². The Bertz CT molecular complexity index is 672. The highest BCUT2D eigenvalue weighted by Crippen LogP contribution is 2.69. The molecule has 1 nitrogen and oxygen atoms in total. The molecule has 0 spiro atoms. The van der Waals surface area contributed by atoms with Crippen LogP contribution in [-0.4, -0.2) is 11.2 Å². The van der Waals surface area contributed by atoms with Gasteiger partial charge in [0, 0.05) is 5.03 Å². The van der Waals surface area contributed by atoms with E-state index >= 15 is 0 Å². The first-order valence-electron chi connectivity index (χ1n) is 14.1. The second-order valence-corrected chi connectivity index (χ2v) is 14.1. The molecule has 0 radical (unpaired) electrons. The predicted octanol–water partition coefficient (Wildman–Crippen LogP) is 8.84. The topological polar surface area (TPSA) is 20.2 Å². The molecule has 4 saturated carbocycles. The van der Waals surface area contributed by atoms with Gasteiger partial charge in [-0.25, -0.2) is 0 Å². The molecule has 4 aliphatic rings. The monoisotopic (exact) mass is 462 g/mol. The Morgan fingerprint density at radius 3 is 2.25 bits per heavy atom. The van der Waals surface area contributed by atoms with Crippen molar-refractivity contribution in [2.24, 2.45) is 58.2 Å². The summed E-state index contributed by atoms with van der Waals surface area (Å²) in [6, 6.07) is 0. The Hall–Kier alpha value is -0.0100. The van der Waals surface area contributed by atoms with Gasteiger partial charge in [-0.1, -0.05) is 72.1 Å². The smallest absolute Gasteiger partial charge is 0.0575 e. The molecule has 0 aromatic rings. The van der Waals surface area contributed by atoms with E-state index in [4.69, 9.17) is 11.6 Å². The van der Waals surface area contributed by atoms with Crippen molar-refractivity contribution in [2.75, 3.05) is 0 Å². The molecule has 4 aliphatic carbocycles. The number of halogens is 1. The standard InChI is InChI=1S/C30H51ClO/c1-19(2)8-7-9-20(3)24-12-13-25-22-10-11-26-23(18-21(4)31)28(32)15-17-30(26,6)27(22)14-16-29(24,25)5/h19-20,22-28,32H,4,7-18H2,1-3,5-6H3/t20-,22+,23+,24-,25+,26?,27+,28+,29-,30+/m1/s1. The number of fused-ring (bicyclic) bond motifs is 5. The first-order valence-corrected chi connectivity index (χ1v) is 14.5. The third-order valence-electron chi connectivity index (χ3n) is 11.6. The Morgan fingerprint density at radius 1 is 0.906 bits per heavy atom. The summed E-state index contributed by atoms with van der Waals surface area (Å²) in [5, 5.41) is 11.6. The maximum absolute atomic E-state index is 10.9. The van der Waals surface area contributed by atoms with Gasteiger partial charge in [-0.3, -0.25) is 0 Å². The molecule has 184 valence electrons. The van der Waals surface area contributed by atoms with E-state index in [-0.39, 0.29) is 6.10 Å². The molecule has 4 fully saturated rings. The number of aliphatic hydroxyl groups is 1. The van der Waals surface area contributed by atoms with Crippen LogP contribution in [0.5, 0.6) is 0 Å². The van der Waals surface area contributed by atoms with Gasteiger partial charge in [0.15, 0.2) is 0 Å². The van der Waals surface area contributed by atoms with Crippen molar-refractivity contribution in [2.45, 2.75) is 118 Å². The van der Waals surface area contributed by atoms with Crippen LogP contribution < -0.4 is 0 Å². The van der Waals surface area contributed by atoms with Crippen LogP contribution in [0.25, 0.3) is 0 Å². The van der Waals surface area contributed by atoms with E-state index in [0.717, 1.165) is 53.4 Å². The van der Waals surface area contributed by atoms with Crippen molar-refractivity contribution < 1.29 is 5.11 Å². The first-order chi connectivity index (χ1) is 15.1. The maximum Gasteiger partial charge on any atom is 0.0575 e. The van der Waals surface area contributed by atoms with Crippen LogP contribution in [0.15, 0.2) is 11.6 Å². The summed E-state index contributed by atoms with van der Waals surface area (Å²) in [5.74, 6) is 6.32. The van der Waals surface area contributed by atoms with Crippen LogP contribution in [0, 0.1) is 58.2 Å². The molecule has 0 aliphatic heterocycles. The van der Waals surface area contributed by atoms with Crippen molar-refractivity contribution in [1.82, 2.24) is 0 Å². The SMILES string of the molecule is C=C(Cl)C[C@H]1C2CC[C@H]3[C@@H]4CC[C@H]([C@H](C)CCCC(C)C)[C@@]4(C)CC[C@@H]3[C@@]2(C)CC[C@@H]1O. The summed E-state index contributed by atoms with van der Waals surface area (Å²) < 4.78 is 0. The molecule has 4 rings (SSSR count). The quantitative estimate of drug-likeness (QED) is 0.400. The molecule has 0 saturated heterocycles. The lowest BCUT2D eigenvalue weighted by Crippen LogP contribution is -2.56. The number of hydrogen-bond donors (Lipinski definition) is 1. The van der Waals surface area contributed by atoms with Gasteiger partial charge < -0.3 is 5.11 Å². The lowest BCUT2D eigenvalue weighted by atomic mass is 9.43. The maximum atomic E-state index is 10.9. The lowest BCUT2D eigenvalue weighted by Gasteiger charge is -2.63. The Balaban J connectivity index is 1.49. The molecule has 10 atom stereocenters. The first kappa shape index (κ1) is 25.1. The van der Waals surface area contributed by atoms with E-state index < -0.39 is 0 Å². The zero-order valence-corrected chi connectivity index (χ0v) is 22.5. The van der Waals surface area contributed by atoms with E-state index in [1.165, 1.54) is 64.2 Å². The highest BCUT2D eigenvalue weighted by molar-refractivity contribution is 6.29. The third-order valence-corrected chi connectivity index (χ3v) is 11.7. The summed E-state index contributed by atoms with van der Waals surface area (Å²) in [6.07, 6.45) is 15.5. The molecule has 0 heterocycles. The van der Waals surface area contributed by atoms with Gasteiger partial charge >= 0.3 is 0 Å². The van der Waals surface area contributed by atoms with Gasteiger partial charge in [-0.15, -0.1) is 0 Å². The third kappa shape index (κ3) is 4.36. The van der Waals surface area contributed by atoms with Crippen molar-refractivity contribution in [3.63, 3.8) is 0 Å². The van der Waals surface area contributed by atoms with E-state index in [1.807, 2.05) is 0 Å². The van der Waals surface area contributed by atoms with E-state index in [1.54, 1.807) is 0 Å². The van der Waals surface area contributed by atoms with Crippen LogP contribution >= 0.6 is 11.6 Å². The van der Waals surface area contributed by atoms with E-state index in [2.05, 4.69) is 41.2 Å². The summed E-state index contributed by atoms with van der Waals surface area (Å²) in [6.45, 7) is 16.6. The second kappa shape index (κ2) is 9.56. The van der Waals surface area contributed by atoms with Gasteiger partial charge in [-0.2, -0.15) is 0 Å². The average Bonchev–Trinajstić information content (AvgIpc) is 3.07. The average molecular weight is 463 g/mol. The fourth-order valence-electron chi connectivity index (χ4n) is 10.1. The Kier molecular flexibility index (Phi) is 7.50. The highest BCUT2D eigenvalue weighted by Gasteiger charge is 2.61. The molecule has 0 aromatic heterocycles. The van der Waals surface area contributed by atoms with Crippen LogP contribution in [0.4, 0.5) is 0 Å². The number of rotatable bonds is 7. The number of hydrogen-bond acceptors (Lipinski definition) is 1. The molecule has 0 amide bonds. The molecule has 0 bridgehead atoms. The normalized spacial score (nSPS) is 46.9. The van der Waals surface area contributed by atoms with Crippen LogP contribution in [0.1, 0.15) is 112 Å². The molecule has 1 N–H and O–H groups in total. The molecule has 32 heavy (non-hydrogen) atoms. The minimum Gasteiger partial charge on any atom is -0.393 e. The van der Waals surface area contributed by atoms with Gasteiger partial charge in [0.25, 0.3) is 0 Å². The van der Waals surface area contributed by atoms with Gasteiger partial charge in [-0.05, 0) is 116 Å². The summed E-state index contributed by atoms with van der Waals surface area (Å²) in [7, 11) is 0. The van der Waals surface area contributed by atoms with Crippen molar-refractivity contribution >= 4 is 11.6 Å². The molecule has 1 unspecified atom stereocenters. The Labute approximate surface area is 204 Å². The fourth-order valence-corrected chi connectivity index (χ4v) is 10.2. The van der Waals surface area contributed by atoms with E-state index in [9.17, 15) is 5.11 Å². The second-order valence-electron chi connectivity index (χ2n) is 13.6.